The van der Waals surface area contributed by atoms with Crippen LogP contribution in [0.15, 0.2) is 18.4 Å². The summed E-state index contributed by atoms with van der Waals surface area (Å²) in [7, 11) is 0. The summed E-state index contributed by atoms with van der Waals surface area (Å²) in [5, 5.41) is 0. The summed E-state index contributed by atoms with van der Waals surface area (Å²) in [6.07, 6.45) is 1.33. The Kier molecular flexibility index (Phi) is 4.49. The van der Waals surface area contributed by atoms with E-state index in [0.29, 0.717) is 0 Å². The van der Waals surface area contributed by atoms with Crippen LogP contribution in [-0.4, -0.2) is 4.65 Å². The molecule has 0 unspecified atom stereocenters. The maximum atomic E-state index is 10.2. The molecule has 0 aliphatic carbocycles. The van der Waals surface area contributed by atoms with Crippen LogP contribution >= 0.6 is 14.1 Å². The zero-order valence-corrected chi connectivity index (χ0v) is 6.34. The number of halogens is 1. The van der Waals surface area contributed by atoms with Crippen LogP contribution in [0.25, 0.3) is 0 Å². The molecule has 0 aliphatic rings. The molecule has 38 valence electrons. The molecule has 0 spiro atoms. The van der Waals surface area contributed by atoms with Crippen LogP contribution in [0.5, 0.6) is 0 Å². The van der Waals surface area contributed by atoms with Crippen LogP contribution in [0.4, 0.5) is 0 Å². The predicted octanol–water partition coefficient (Wildman–Crippen LogP) is 1.25. The normalized spacial score (nSPS) is 7.00. The molecule has 0 saturated heterocycles. The number of carbonyl (C=O) groups excluding carboxylic acids is 1. The zero-order chi connectivity index (χ0) is 5.70. The van der Waals surface area contributed by atoms with Gasteiger partial charge in [0.15, 0.2) is 0 Å². The standard InChI is InChI=1S/C4H3O.BrH.Cr/c1-2-3-4-5;;/h3H,1H2;1H;/q;;+1/p-1. The summed E-state index contributed by atoms with van der Waals surface area (Å²) in [5.74, 6) is 0. The minimum absolute atomic E-state index is 0.0579. The third-order valence-electron chi connectivity index (χ3n) is 0.296. The van der Waals surface area contributed by atoms with Crippen LogP contribution in [-0.2, 0) is 18.2 Å². The van der Waals surface area contributed by atoms with Crippen molar-refractivity contribution in [2.75, 3.05) is 0 Å². The molecule has 3 heteroatoms. The van der Waals surface area contributed by atoms with Crippen LogP contribution in [0.1, 0.15) is 0 Å². The van der Waals surface area contributed by atoms with Gasteiger partial charge in [-0.05, 0) is 0 Å². The predicted molar refractivity (Wildman–Crippen MR) is 27.6 cm³/mol. The zero-order valence-electron chi connectivity index (χ0n) is 3.48. The Morgan fingerprint density at radius 2 is 2.57 bits per heavy atom. The van der Waals surface area contributed by atoms with E-state index in [-0.39, 0.29) is 18.0 Å². The molecule has 0 amide bonds. The van der Waals surface area contributed by atoms with Crippen LogP contribution in [0.2, 0.25) is 0 Å². The van der Waals surface area contributed by atoms with Gasteiger partial charge < -0.3 is 0 Å². The van der Waals surface area contributed by atoms with Crippen molar-refractivity contribution in [3.63, 3.8) is 0 Å². The molecule has 1 nitrogen and oxygen atoms in total. The molecular formula is C4H3BrCrO. The fourth-order valence-corrected chi connectivity index (χ4v) is 0.691. The first-order valence-corrected chi connectivity index (χ1v) is 5.28. The van der Waals surface area contributed by atoms with E-state index >= 15 is 0 Å². The topological polar surface area (TPSA) is 17.1 Å². The van der Waals surface area contributed by atoms with Crippen molar-refractivity contribution in [3.05, 3.63) is 18.4 Å². The maximum absolute atomic E-state index is 10.2. The van der Waals surface area contributed by atoms with Crippen molar-refractivity contribution >= 4 is 18.7 Å². The molecule has 0 saturated carbocycles. The summed E-state index contributed by atoms with van der Waals surface area (Å²) in [6.45, 7) is 3.24. The van der Waals surface area contributed by atoms with Gasteiger partial charge in [0.05, 0.1) is 0 Å². The second-order valence-electron chi connectivity index (χ2n) is 0.745. The second-order valence-corrected chi connectivity index (χ2v) is 2.95. The van der Waals surface area contributed by atoms with E-state index in [9.17, 15) is 4.79 Å². The van der Waals surface area contributed by atoms with E-state index in [1.807, 2.05) is 0 Å². The summed E-state index contributed by atoms with van der Waals surface area (Å²) < 4.78 is 0.0579. The van der Waals surface area contributed by atoms with E-state index in [2.05, 4.69) is 26.4 Å². The number of hydrogen-bond acceptors (Lipinski definition) is 1. The fourth-order valence-electron chi connectivity index (χ4n) is 0.106. The second kappa shape index (κ2) is 4.36. The molecule has 0 aliphatic heterocycles. The summed E-state index contributed by atoms with van der Waals surface area (Å²) in [5.41, 5.74) is 2.38. The van der Waals surface area contributed by atoms with Crippen molar-refractivity contribution in [2.24, 2.45) is 0 Å². The summed E-state index contributed by atoms with van der Waals surface area (Å²) in [6, 6.07) is 0. The van der Waals surface area contributed by atoms with E-state index in [1.165, 1.54) is 6.08 Å². The van der Waals surface area contributed by atoms with Crippen molar-refractivity contribution in [2.45, 2.75) is 0 Å². The quantitative estimate of drug-likeness (QED) is 0.483. The van der Waals surface area contributed by atoms with Gasteiger partial charge >= 0.3 is 55.3 Å². The van der Waals surface area contributed by atoms with Gasteiger partial charge in [-0.2, -0.15) is 0 Å². The Morgan fingerprint density at radius 3 is 2.71 bits per heavy atom. The Labute approximate surface area is 55.5 Å². The molecule has 0 rings (SSSR count). The van der Waals surface area contributed by atoms with Gasteiger partial charge in [0, 0.05) is 0 Å². The molecule has 0 aromatic rings. The minimum atomic E-state index is -0.0995. The monoisotopic (exact) mass is 198 g/mol. The van der Waals surface area contributed by atoms with Crippen molar-refractivity contribution < 1.29 is 18.2 Å². The van der Waals surface area contributed by atoms with E-state index in [1.54, 1.807) is 0 Å². The Balaban J connectivity index is 3.58. The third-order valence-corrected chi connectivity index (χ3v) is 2.03. The average Bonchev–Trinajstić information content (AvgIpc) is 1.68. The van der Waals surface area contributed by atoms with Gasteiger partial charge in [0.1, 0.15) is 0 Å². The van der Waals surface area contributed by atoms with E-state index in [4.69, 9.17) is 0 Å². The van der Waals surface area contributed by atoms with Gasteiger partial charge in [-0.1, -0.05) is 0 Å². The number of hydrogen-bond donors (Lipinski definition) is 0. The Morgan fingerprint density at radius 1 is 2.00 bits per heavy atom. The van der Waals surface area contributed by atoms with Crippen molar-refractivity contribution in [1.29, 1.82) is 0 Å². The molecule has 0 aromatic carbocycles. The molecule has 0 atom stereocenters. The van der Waals surface area contributed by atoms with Crippen LogP contribution in [0, 0.1) is 0 Å². The molecule has 0 fully saturated rings. The Hall–Kier alpha value is 0.202. The first-order chi connectivity index (χ1) is 3.31. The Bertz CT molecular complexity index is 115. The van der Waals surface area contributed by atoms with Crippen LogP contribution in [0.3, 0.4) is 0 Å². The van der Waals surface area contributed by atoms with E-state index in [0.717, 1.165) is 0 Å². The number of rotatable bonds is 2. The summed E-state index contributed by atoms with van der Waals surface area (Å²) in [4.78, 5) is 10.2. The SMILES string of the molecule is C=C=C[C](=O)[Cr][Br]. The molecule has 7 heavy (non-hydrogen) atoms. The van der Waals surface area contributed by atoms with Crippen LogP contribution < -0.4 is 0 Å². The average molecular weight is 199 g/mol. The first kappa shape index (κ1) is 7.20. The number of carbonyl (C=O) groups is 1. The third kappa shape index (κ3) is 4.05. The number of allylic oxidation sites excluding steroid dienone is 1. The molecule has 0 heterocycles. The molecular weight excluding hydrogens is 196 g/mol. The molecule has 0 radical (unpaired) electrons. The molecule has 0 aromatic heterocycles. The van der Waals surface area contributed by atoms with Gasteiger partial charge in [-0.25, -0.2) is 0 Å². The van der Waals surface area contributed by atoms with Crippen molar-refractivity contribution in [1.82, 2.24) is 0 Å². The molecule has 0 bridgehead atoms. The van der Waals surface area contributed by atoms with Gasteiger partial charge in [0.25, 0.3) is 0 Å². The van der Waals surface area contributed by atoms with Gasteiger partial charge in [-0.3, -0.25) is 0 Å². The van der Waals surface area contributed by atoms with E-state index < -0.39 is 0 Å². The summed E-state index contributed by atoms with van der Waals surface area (Å²) >= 11 is 2.93. The van der Waals surface area contributed by atoms with Gasteiger partial charge in [-0.15, -0.1) is 0 Å². The fraction of sp³-hybridized carbons (Fsp3) is 0. The van der Waals surface area contributed by atoms with Gasteiger partial charge in [0.2, 0.25) is 0 Å². The molecule has 0 N–H and O–H groups in total. The van der Waals surface area contributed by atoms with Crippen molar-refractivity contribution in [3.8, 4) is 0 Å². The first-order valence-electron chi connectivity index (χ1n) is 1.49.